The molecule has 0 saturated carbocycles. The molecule has 0 unspecified atom stereocenters. The van der Waals surface area contributed by atoms with Gasteiger partial charge < -0.3 is 4.74 Å². The Labute approximate surface area is 195 Å². The first kappa shape index (κ1) is 22.1. The van der Waals surface area contributed by atoms with E-state index in [1.165, 1.54) is 10.6 Å². The minimum atomic E-state index is -3.61. The summed E-state index contributed by atoms with van der Waals surface area (Å²) in [6.45, 7) is 4.19. The van der Waals surface area contributed by atoms with Gasteiger partial charge in [-0.2, -0.15) is 0 Å². The molecular formula is C23H22ClNO3S3. The highest BCUT2D eigenvalue weighted by Gasteiger charge is 2.28. The van der Waals surface area contributed by atoms with Crippen LogP contribution in [0, 0.1) is 0 Å². The van der Waals surface area contributed by atoms with E-state index in [1.807, 2.05) is 53.9 Å². The lowest BCUT2D eigenvalue weighted by molar-refractivity contribution is 0.427. The average molecular weight is 492 g/mol. The smallest absolute Gasteiger partial charge is 0.236 e. The predicted molar refractivity (Wildman–Crippen MR) is 133 cm³/mol. The number of ether oxygens (including phenoxy) is 1. The first-order chi connectivity index (χ1) is 14.6. The van der Waals surface area contributed by atoms with E-state index < -0.39 is 10.0 Å². The standard InChI is InChI=1S/C23H22ClNO3S3/c1-23(2,21-7-8-22(28-3)30-21)16-12-17(24)14-19(13-16)25(31(4,26)27)18-5-6-20-15(11-18)9-10-29-20/h5-14H,1-4H3. The molecular weight excluding hydrogens is 470 g/mol. The summed E-state index contributed by atoms with van der Waals surface area (Å²) < 4.78 is 33.5. The molecule has 2 aromatic heterocycles. The lowest BCUT2D eigenvalue weighted by Gasteiger charge is -2.28. The second kappa shape index (κ2) is 8.13. The Morgan fingerprint density at radius 3 is 2.45 bits per heavy atom. The number of benzene rings is 2. The van der Waals surface area contributed by atoms with Crippen molar-refractivity contribution >= 4 is 65.8 Å². The van der Waals surface area contributed by atoms with Crippen LogP contribution in [-0.4, -0.2) is 21.8 Å². The van der Waals surface area contributed by atoms with Crippen LogP contribution in [0.25, 0.3) is 10.1 Å². The van der Waals surface area contributed by atoms with E-state index in [1.54, 1.807) is 35.8 Å². The van der Waals surface area contributed by atoms with E-state index in [4.69, 9.17) is 16.3 Å². The van der Waals surface area contributed by atoms with Crippen LogP contribution in [0.5, 0.6) is 5.06 Å². The maximum atomic E-state index is 12.9. The van der Waals surface area contributed by atoms with Gasteiger partial charge in [0.1, 0.15) is 0 Å². The molecule has 0 saturated heterocycles. The van der Waals surface area contributed by atoms with E-state index in [0.717, 1.165) is 25.6 Å². The van der Waals surface area contributed by atoms with Crippen molar-refractivity contribution in [2.75, 3.05) is 17.7 Å². The third-order valence-electron chi connectivity index (χ3n) is 5.24. The number of fused-ring (bicyclic) bond motifs is 1. The van der Waals surface area contributed by atoms with E-state index >= 15 is 0 Å². The van der Waals surface area contributed by atoms with Crippen LogP contribution in [0.4, 0.5) is 11.4 Å². The Balaban J connectivity index is 1.86. The third kappa shape index (κ3) is 4.32. The Hall–Kier alpha value is -2.06. The Kier molecular flexibility index (Phi) is 5.81. The number of hydrogen-bond acceptors (Lipinski definition) is 5. The van der Waals surface area contributed by atoms with Crippen molar-refractivity contribution in [3.05, 3.63) is 75.4 Å². The summed E-state index contributed by atoms with van der Waals surface area (Å²) in [5.74, 6) is 0. The third-order valence-corrected chi connectivity index (χ3v) is 8.81. The van der Waals surface area contributed by atoms with Crippen LogP contribution in [-0.2, 0) is 15.4 Å². The van der Waals surface area contributed by atoms with Gasteiger partial charge in [0.15, 0.2) is 5.06 Å². The van der Waals surface area contributed by atoms with Gasteiger partial charge in [0.2, 0.25) is 10.0 Å². The summed E-state index contributed by atoms with van der Waals surface area (Å²) in [6, 6.07) is 17.1. The van der Waals surface area contributed by atoms with E-state index in [2.05, 4.69) is 13.8 Å². The topological polar surface area (TPSA) is 46.6 Å². The van der Waals surface area contributed by atoms with Crippen molar-refractivity contribution in [1.82, 2.24) is 0 Å². The number of sulfonamides is 1. The minimum Gasteiger partial charge on any atom is -0.487 e. The molecule has 2 aromatic carbocycles. The molecule has 4 aromatic rings. The van der Waals surface area contributed by atoms with Gasteiger partial charge in [-0.25, -0.2) is 12.7 Å². The summed E-state index contributed by atoms with van der Waals surface area (Å²) in [5, 5.41) is 4.31. The van der Waals surface area contributed by atoms with Crippen molar-refractivity contribution in [2.24, 2.45) is 0 Å². The number of hydrogen-bond donors (Lipinski definition) is 0. The number of anilines is 2. The first-order valence-electron chi connectivity index (χ1n) is 9.52. The molecule has 0 aliphatic heterocycles. The van der Waals surface area contributed by atoms with E-state index in [9.17, 15) is 8.42 Å². The molecule has 0 aliphatic rings. The molecule has 31 heavy (non-hydrogen) atoms. The quantitative estimate of drug-likeness (QED) is 0.290. The Morgan fingerprint density at radius 1 is 1.00 bits per heavy atom. The summed E-state index contributed by atoms with van der Waals surface area (Å²) in [7, 11) is -1.96. The largest absolute Gasteiger partial charge is 0.487 e. The number of thiophene rings is 2. The minimum absolute atomic E-state index is 0.387. The van der Waals surface area contributed by atoms with Gasteiger partial charge in [0, 0.05) is 20.0 Å². The van der Waals surface area contributed by atoms with Crippen LogP contribution in [0.3, 0.4) is 0 Å². The molecule has 0 fully saturated rings. The molecule has 0 aliphatic carbocycles. The summed E-state index contributed by atoms with van der Waals surface area (Å²) in [5.41, 5.74) is 1.62. The molecule has 4 nitrogen and oxygen atoms in total. The van der Waals surface area contributed by atoms with Crippen molar-refractivity contribution < 1.29 is 13.2 Å². The predicted octanol–water partition coefficient (Wildman–Crippen LogP) is 7.05. The zero-order valence-corrected chi connectivity index (χ0v) is 20.8. The lowest BCUT2D eigenvalue weighted by atomic mass is 9.83. The molecule has 0 atom stereocenters. The zero-order valence-electron chi connectivity index (χ0n) is 17.5. The van der Waals surface area contributed by atoms with Gasteiger partial charge in [0.05, 0.1) is 24.7 Å². The molecule has 8 heteroatoms. The molecule has 0 radical (unpaired) electrons. The van der Waals surface area contributed by atoms with Crippen molar-refractivity contribution in [3.8, 4) is 5.06 Å². The van der Waals surface area contributed by atoms with Gasteiger partial charge in [-0.15, -0.1) is 22.7 Å². The number of methoxy groups -OCH3 is 1. The second-order valence-electron chi connectivity index (χ2n) is 7.82. The molecule has 0 spiro atoms. The molecule has 0 bridgehead atoms. The molecule has 2 heterocycles. The van der Waals surface area contributed by atoms with Gasteiger partial charge in [-0.1, -0.05) is 25.4 Å². The van der Waals surface area contributed by atoms with Crippen LogP contribution in [0.2, 0.25) is 5.02 Å². The van der Waals surface area contributed by atoms with Crippen molar-refractivity contribution in [3.63, 3.8) is 0 Å². The van der Waals surface area contributed by atoms with Gasteiger partial charge in [0.25, 0.3) is 0 Å². The molecule has 4 rings (SSSR count). The highest BCUT2D eigenvalue weighted by atomic mass is 35.5. The van der Waals surface area contributed by atoms with Crippen LogP contribution in [0.15, 0.2) is 60.0 Å². The highest BCUT2D eigenvalue weighted by molar-refractivity contribution is 7.92. The normalized spacial score (nSPS) is 12.3. The van der Waals surface area contributed by atoms with Gasteiger partial charge in [-0.3, -0.25) is 0 Å². The van der Waals surface area contributed by atoms with Gasteiger partial charge in [-0.05, 0) is 70.9 Å². The number of rotatable bonds is 6. The second-order valence-corrected chi connectivity index (χ2v) is 12.1. The lowest BCUT2D eigenvalue weighted by Crippen LogP contribution is -2.25. The SMILES string of the molecule is COc1ccc(C(C)(C)c2cc(Cl)cc(N(c3ccc4sccc4c3)S(C)(=O)=O)c2)s1. The summed E-state index contributed by atoms with van der Waals surface area (Å²) in [4.78, 5) is 1.10. The first-order valence-corrected chi connectivity index (χ1v) is 13.4. The van der Waals surface area contributed by atoms with Crippen molar-refractivity contribution in [1.29, 1.82) is 0 Å². The fourth-order valence-corrected chi connectivity index (χ4v) is 6.50. The monoisotopic (exact) mass is 491 g/mol. The fraction of sp³-hybridized carbons (Fsp3) is 0.217. The van der Waals surface area contributed by atoms with E-state index in [0.29, 0.717) is 16.4 Å². The van der Waals surface area contributed by atoms with Gasteiger partial charge >= 0.3 is 0 Å². The van der Waals surface area contributed by atoms with Crippen LogP contribution < -0.4 is 9.04 Å². The maximum Gasteiger partial charge on any atom is 0.236 e. The summed E-state index contributed by atoms with van der Waals surface area (Å²) in [6.07, 6.45) is 1.21. The summed E-state index contributed by atoms with van der Waals surface area (Å²) >= 11 is 9.68. The zero-order chi connectivity index (χ0) is 22.4. The van der Waals surface area contributed by atoms with Crippen molar-refractivity contribution in [2.45, 2.75) is 19.3 Å². The highest BCUT2D eigenvalue weighted by Crippen LogP contribution is 2.42. The fourth-order valence-electron chi connectivity index (χ4n) is 3.57. The van der Waals surface area contributed by atoms with Crippen LogP contribution in [0.1, 0.15) is 24.3 Å². The average Bonchev–Trinajstić information content (AvgIpc) is 3.36. The maximum absolute atomic E-state index is 12.9. The van der Waals surface area contributed by atoms with Crippen LogP contribution >= 0.6 is 34.3 Å². The van der Waals surface area contributed by atoms with E-state index in [-0.39, 0.29) is 5.41 Å². The Bertz CT molecular complexity index is 1360. The molecule has 162 valence electrons. The number of nitrogens with zero attached hydrogens (tertiary/aromatic N) is 1. The number of halogens is 1. The molecule has 0 N–H and O–H groups in total. The Morgan fingerprint density at radius 2 is 1.77 bits per heavy atom. The molecule has 0 amide bonds.